The third-order valence-corrected chi connectivity index (χ3v) is 1.69. The molecular weight excluding hydrogens is 182 g/mol. The molecule has 3 nitrogen and oxygen atoms in total. The van der Waals surface area contributed by atoms with E-state index in [0.717, 1.165) is 6.07 Å². The van der Waals surface area contributed by atoms with E-state index in [1.807, 2.05) is 0 Å². The van der Waals surface area contributed by atoms with Gasteiger partial charge in [-0.25, -0.2) is 8.78 Å². The van der Waals surface area contributed by atoms with Crippen LogP contribution in [0.1, 0.15) is 10.4 Å². The maximum Gasteiger partial charge on any atom is 0.231 e. The van der Waals surface area contributed by atoms with Gasteiger partial charge in [-0.15, -0.1) is 0 Å². The van der Waals surface area contributed by atoms with Gasteiger partial charge in [0.25, 0.3) is 0 Å². The van der Waals surface area contributed by atoms with Gasteiger partial charge in [0.15, 0.2) is 17.9 Å². The van der Waals surface area contributed by atoms with Gasteiger partial charge in [-0.3, -0.25) is 4.79 Å². The van der Waals surface area contributed by atoms with Crippen LogP contribution in [0.4, 0.5) is 8.78 Å². The molecule has 0 N–H and O–H groups in total. The Morgan fingerprint density at radius 1 is 1.31 bits per heavy atom. The molecule has 13 heavy (non-hydrogen) atoms. The molecule has 1 heterocycles. The zero-order valence-corrected chi connectivity index (χ0v) is 6.34. The molecule has 0 bridgehead atoms. The van der Waals surface area contributed by atoms with Crippen molar-refractivity contribution in [2.45, 2.75) is 0 Å². The van der Waals surface area contributed by atoms with E-state index in [-0.39, 0.29) is 30.1 Å². The standard InChI is InChI=1S/C8H4F2O3/c9-5-1-4(2-11)6(10)8-7(5)12-3-13-8/h1-2H,3H2. The number of halogens is 2. The molecule has 68 valence electrons. The third-order valence-electron chi connectivity index (χ3n) is 1.69. The van der Waals surface area contributed by atoms with Gasteiger partial charge in [-0.1, -0.05) is 0 Å². The molecule has 1 aromatic rings. The Morgan fingerprint density at radius 3 is 2.69 bits per heavy atom. The van der Waals surface area contributed by atoms with Crippen molar-refractivity contribution in [3.05, 3.63) is 23.3 Å². The largest absolute Gasteiger partial charge is 0.450 e. The first-order valence-electron chi connectivity index (χ1n) is 3.47. The monoisotopic (exact) mass is 186 g/mol. The zero-order chi connectivity index (χ0) is 9.42. The molecule has 0 fully saturated rings. The number of benzene rings is 1. The minimum Gasteiger partial charge on any atom is -0.450 e. The van der Waals surface area contributed by atoms with Gasteiger partial charge in [0.05, 0.1) is 5.56 Å². The highest BCUT2D eigenvalue weighted by molar-refractivity contribution is 5.77. The van der Waals surface area contributed by atoms with Crippen molar-refractivity contribution in [1.82, 2.24) is 0 Å². The molecule has 0 amide bonds. The first-order chi connectivity index (χ1) is 6.24. The predicted octanol–water partition coefficient (Wildman–Crippen LogP) is 1.51. The Balaban J connectivity index is 2.69. The number of ether oxygens (including phenoxy) is 2. The van der Waals surface area contributed by atoms with Gasteiger partial charge in [-0.2, -0.15) is 0 Å². The zero-order valence-electron chi connectivity index (χ0n) is 6.34. The van der Waals surface area contributed by atoms with Crippen LogP contribution in [-0.2, 0) is 0 Å². The maximum atomic E-state index is 13.2. The summed E-state index contributed by atoms with van der Waals surface area (Å²) in [6.07, 6.45) is 0.223. The molecule has 0 saturated carbocycles. The number of aldehydes is 1. The van der Waals surface area contributed by atoms with E-state index < -0.39 is 11.6 Å². The number of carbonyl (C=O) groups excluding carboxylic acids is 1. The average molecular weight is 186 g/mol. The summed E-state index contributed by atoms with van der Waals surface area (Å²) >= 11 is 0. The fraction of sp³-hybridized carbons (Fsp3) is 0.125. The number of fused-ring (bicyclic) bond motifs is 1. The van der Waals surface area contributed by atoms with E-state index in [0.29, 0.717) is 0 Å². The molecule has 1 aliphatic rings. The lowest BCUT2D eigenvalue weighted by Gasteiger charge is -2.00. The van der Waals surface area contributed by atoms with Crippen LogP contribution in [0.25, 0.3) is 0 Å². The lowest BCUT2D eigenvalue weighted by molar-refractivity contribution is 0.111. The second kappa shape index (κ2) is 2.69. The summed E-state index contributed by atoms with van der Waals surface area (Å²) in [7, 11) is 0. The van der Waals surface area contributed by atoms with Crippen LogP contribution < -0.4 is 9.47 Å². The Labute approximate surface area is 71.9 Å². The van der Waals surface area contributed by atoms with Crippen LogP contribution in [-0.4, -0.2) is 13.1 Å². The van der Waals surface area contributed by atoms with Gasteiger partial charge in [-0.05, 0) is 6.07 Å². The molecule has 0 radical (unpaired) electrons. The number of hydrogen-bond acceptors (Lipinski definition) is 3. The summed E-state index contributed by atoms with van der Waals surface area (Å²) in [5.74, 6) is -2.29. The van der Waals surface area contributed by atoms with Gasteiger partial charge >= 0.3 is 0 Å². The lowest BCUT2D eigenvalue weighted by atomic mass is 10.2. The van der Waals surface area contributed by atoms with Crippen LogP contribution in [0.15, 0.2) is 6.07 Å². The van der Waals surface area contributed by atoms with Crippen molar-refractivity contribution in [2.24, 2.45) is 0 Å². The third kappa shape index (κ3) is 1.04. The molecule has 2 rings (SSSR count). The molecule has 0 atom stereocenters. The highest BCUT2D eigenvalue weighted by Crippen LogP contribution is 2.38. The summed E-state index contributed by atoms with van der Waals surface area (Å²) in [5.41, 5.74) is -0.373. The van der Waals surface area contributed by atoms with Gasteiger partial charge in [0, 0.05) is 0 Å². The van der Waals surface area contributed by atoms with E-state index in [1.54, 1.807) is 0 Å². The average Bonchev–Trinajstić information content (AvgIpc) is 2.60. The van der Waals surface area contributed by atoms with Crippen LogP contribution in [0.3, 0.4) is 0 Å². The summed E-state index contributed by atoms with van der Waals surface area (Å²) in [4.78, 5) is 10.3. The first-order valence-corrected chi connectivity index (χ1v) is 3.47. The molecular formula is C8H4F2O3. The quantitative estimate of drug-likeness (QED) is 0.623. The van der Waals surface area contributed by atoms with Crippen molar-refractivity contribution >= 4 is 6.29 Å². The van der Waals surface area contributed by atoms with Crippen LogP contribution in [0.5, 0.6) is 11.5 Å². The Hall–Kier alpha value is -1.65. The Bertz CT molecular complexity index is 376. The molecule has 0 aliphatic carbocycles. The summed E-state index contributed by atoms with van der Waals surface area (Å²) in [6.45, 7) is -0.231. The van der Waals surface area contributed by atoms with Crippen molar-refractivity contribution < 1.29 is 23.0 Å². The van der Waals surface area contributed by atoms with Gasteiger partial charge in [0.1, 0.15) is 0 Å². The van der Waals surface area contributed by atoms with Crippen molar-refractivity contribution in [3.63, 3.8) is 0 Å². The van der Waals surface area contributed by atoms with Crippen LogP contribution in [0.2, 0.25) is 0 Å². The minimum atomic E-state index is -0.885. The molecule has 0 saturated heterocycles. The Kier molecular flexibility index (Phi) is 1.65. The lowest BCUT2D eigenvalue weighted by Crippen LogP contribution is -1.94. The second-order valence-corrected chi connectivity index (χ2v) is 2.44. The highest BCUT2D eigenvalue weighted by atomic mass is 19.1. The number of rotatable bonds is 1. The highest BCUT2D eigenvalue weighted by Gasteiger charge is 2.25. The topological polar surface area (TPSA) is 35.5 Å². The van der Waals surface area contributed by atoms with E-state index >= 15 is 0 Å². The van der Waals surface area contributed by atoms with Gasteiger partial charge in [0.2, 0.25) is 18.3 Å². The fourth-order valence-corrected chi connectivity index (χ4v) is 1.10. The van der Waals surface area contributed by atoms with Crippen LogP contribution >= 0.6 is 0 Å². The van der Waals surface area contributed by atoms with Crippen molar-refractivity contribution in [2.75, 3.05) is 6.79 Å². The van der Waals surface area contributed by atoms with E-state index in [2.05, 4.69) is 9.47 Å². The van der Waals surface area contributed by atoms with E-state index in [9.17, 15) is 13.6 Å². The second-order valence-electron chi connectivity index (χ2n) is 2.44. The van der Waals surface area contributed by atoms with Crippen molar-refractivity contribution in [3.8, 4) is 11.5 Å². The molecule has 0 unspecified atom stereocenters. The summed E-state index contributed by atoms with van der Waals surface area (Å²) in [5, 5.41) is 0. The summed E-state index contributed by atoms with van der Waals surface area (Å²) in [6, 6.07) is 0.774. The molecule has 0 aromatic heterocycles. The first kappa shape index (κ1) is 7.97. The minimum absolute atomic E-state index is 0.223. The van der Waals surface area contributed by atoms with Gasteiger partial charge < -0.3 is 9.47 Å². The van der Waals surface area contributed by atoms with Crippen LogP contribution in [0, 0.1) is 11.6 Å². The molecule has 5 heteroatoms. The SMILES string of the molecule is O=Cc1cc(F)c2c(c1F)OCO2. The predicted molar refractivity (Wildman–Crippen MR) is 37.9 cm³/mol. The normalized spacial score (nSPS) is 13.1. The smallest absolute Gasteiger partial charge is 0.231 e. The maximum absolute atomic E-state index is 13.2. The fourth-order valence-electron chi connectivity index (χ4n) is 1.10. The molecule has 1 aliphatic heterocycles. The Morgan fingerprint density at radius 2 is 2.00 bits per heavy atom. The molecule has 1 aromatic carbocycles. The number of carbonyl (C=O) groups is 1. The number of hydrogen-bond donors (Lipinski definition) is 0. The van der Waals surface area contributed by atoms with E-state index in [4.69, 9.17) is 0 Å². The summed E-state index contributed by atoms with van der Waals surface area (Å²) < 4.78 is 35.5. The molecule has 0 spiro atoms. The van der Waals surface area contributed by atoms with Crippen molar-refractivity contribution in [1.29, 1.82) is 0 Å². The van der Waals surface area contributed by atoms with E-state index in [1.165, 1.54) is 0 Å².